The number of aromatic nitrogens is 2. The summed E-state index contributed by atoms with van der Waals surface area (Å²) in [6.45, 7) is 2.35. The number of amides is 1. The molecule has 0 aliphatic rings. The van der Waals surface area contributed by atoms with Crippen molar-refractivity contribution in [1.82, 2.24) is 10.2 Å². The molecule has 0 atom stereocenters. The van der Waals surface area contributed by atoms with Crippen LogP contribution in [0.25, 0.3) is 11.1 Å². The number of nitrogens with zero attached hydrogens (tertiary/aromatic N) is 2. The highest BCUT2D eigenvalue weighted by Gasteiger charge is 2.12. The number of hydrogen-bond donors (Lipinski definition) is 1. The van der Waals surface area contributed by atoms with Crippen molar-refractivity contribution in [3.8, 4) is 11.1 Å². The number of ether oxygens (including phenoxy) is 1. The van der Waals surface area contributed by atoms with Crippen LogP contribution in [-0.2, 0) is 16.1 Å². The summed E-state index contributed by atoms with van der Waals surface area (Å²) in [5.74, 6) is -0.398. The zero-order valence-electron chi connectivity index (χ0n) is 14.6. The van der Waals surface area contributed by atoms with E-state index in [2.05, 4.69) is 10.2 Å². The van der Waals surface area contributed by atoms with Gasteiger partial charge in [-0.2, -0.15) is 5.10 Å². The summed E-state index contributed by atoms with van der Waals surface area (Å²) in [7, 11) is 1.34. The average molecular weight is 349 g/mol. The first-order valence-corrected chi connectivity index (χ1v) is 8.11. The van der Waals surface area contributed by atoms with Gasteiger partial charge < -0.3 is 9.64 Å². The van der Waals surface area contributed by atoms with Crippen molar-refractivity contribution < 1.29 is 14.3 Å². The maximum absolute atomic E-state index is 11.7. The lowest BCUT2D eigenvalue weighted by Crippen LogP contribution is -2.20. The Morgan fingerprint density at radius 2 is 2.12 bits per heavy atom. The molecule has 132 valence electrons. The van der Waals surface area contributed by atoms with E-state index in [-0.39, 0.29) is 0 Å². The minimum Gasteiger partial charge on any atom is -0.465 e. The molecule has 1 heterocycles. The molecule has 0 saturated heterocycles. The fraction of sp³-hybridized carbons (Fsp3) is 0.150. The monoisotopic (exact) mass is 349 g/mol. The lowest BCUT2D eigenvalue weighted by atomic mass is 10.0. The number of hydrogen-bond acceptors (Lipinski definition) is 4. The number of anilines is 1. The second kappa shape index (κ2) is 7.65. The van der Waals surface area contributed by atoms with Gasteiger partial charge in [-0.25, -0.2) is 4.79 Å². The molecule has 0 radical (unpaired) electrons. The van der Waals surface area contributed by atoms with Gasteiger partial charge in [-0.1, -0.05) is 18.2 Å². The number of H-pyrrole nitrogens is 1. The van der Waals surface area contributed by atoms with Crippen molar-refractivity contribution in [2.24, 2.45) is 0 Å². The molecule has 26 heavy (non-hydrogen) atoms. The Morgan fingerprint density at radius 3 is 2.77 bits per heavy atom. The van der Waals surface area contributed by atoms with E-state index in [4.69, 9.17) is 4.74 Å². The summed E-state index contributed by atoms with van der Waals surface area (Å²) >= 11 is 0. The molecule has 2 aromatic carbocycles. The molecule has 3 aromatic rings. The van der Waals surface area contributed by atoms with Crippen LogP contribution in [0.5, 0.6) is 0 Å². The maximum Gasteiger partial charge on any atom is 0.337 e. The molecule has 0 spiro atoms. The SMILES string of the molecule is COC(=O)c1cccc(CN(C=O)c2ccc(-c3cn[nH]c3)c(C)c2)c1. The first-order valence-electron chi connectivity index (χ1n) is 8.11. The van der Waals surface area contributed by atoms with Crippen LogP contribution in [0.3, 0.4) is 0 Å². The van der Waals surface area contributed by atoms with Crippen LogP contribution in [0, 0.1) is 6.92 Å². The van der Waals surface area contributed by atoms with Crippen molar-refractivity contribution in [3.63, 3.8) is 0 Å². The zero-order chi connectivity index (χ0) is 18.5. The van der Waals surface area contributed by atoms with E-state index in [9.17, 15) is 9.59 Å². The molecule has 1 N–H and O–H groups in total. The molecule has 1 amide bonds. The highest BCUT2D eigenvalue weighted by molar-refractivity contribution is 5.89. The van der Waals surface area contributed by atoms with E-state index in [0.717, 1.165) is 34.4 Å². The van der Waals surface area contributed by atoms with Crippen molar-refractivity contribution in [2.45, 2.75) is 13.5 Å². The number of nitrogens with one attached hydrogen (secondary N) is 1. The molecule has 0 aliphatic carbocycles. The normalized spacial score (nSPS) is 10.4. The Hall–Kier alpha value is -3.41. The predicted molar refractivity (Wildman–Crippen MR) is 98.8 cm³/mol. The van der Waals surface area contributed by atoms with Crippen LogP contribution in [0.2, 0.25) is 0 Å². The number of aromatic amines is 1. The number of benzene rings is 2. The van der Waals surface area contributed by atoms with Gasteiger partial charge in [0.15, 0.2) is 0 Å². The molecular formula is C20H19N3O3. The second-order valence-electron chi connectivity index (χ2n) is 5.91. The number of esters is 1. The zero-order valence-corrected chi connectivity index (χ0v) is 14.6. The third-order valence-electron chi connectivity index (χ3n) is 4.18. The average Bonchev–Trinajstić information content (AvgIpc) is 3.20. The standard InChI is InChI=1S/C20H19N3O3/c1-14-8-18(6-7-19(14)17-10-21-22-11-17)23(13-24)12-15-4-3-5-16(9-15)20(25)26-2/h3-11,13H,12H2,1-2H3,(H,21,22). The van der Waals surface area contributed by atoms with Gasteiger partial charge in [-0.3, -0.25) is 9.89 Å². The summed E-state index contributed by atoms with van der Waals surface area (Å²) in [4.78, 5) is 24.9. The summed E-state index contributed by atoms with van der Waals surface area (Å²) in [5.41, 5.74) is 5.18. The minimum absolute atomic E-state index is 0.360. The molecule has 0 unspecified atom stereocenters. The molecule has 6 nitrogen and oxygen atoms in total. The molecule has 3 rings (SSSR count). The molecular weight excluding hydrogens is 330 g/mol. The highest BCUT2D eigenvalue weighted by Crippen LogP contribution is 2.27. The number of carbonyl (C=O) groups is 2. The molecule has 0 saturated carbocycles. The lowest BCUT2D eigenvalue weighted by Gasteiger charge is -2.19. The Kier molecular flexibility index (Phi) is 5.12. The Bertz CT molecular complexity index is 920. The third kappa shape index (κ3) is 3.64. The van der Waals surface area contributed by atoms with Gasteiger partial charge in [-0.15, -0.1) is 0 Å². The van der Waals surface area contributed by atoms with Gasteiger partial charge >= 0.3 is 5.97 Å². The number of carbonyl (C=O) groups excluding carboxylic acids is 2. The van der Waals surface area contributed by atoms with E-state index in [1.807, 2.05) is 37.4 Å². The van der Waals surface area contributed by atoms with E-state index < -0.39 is 5.97 Å². The van der Waals surface area contributed by atoms with Crippen LogP contribution in [0.4, 0.5) is 5.69 Å². The van der Waals surface area contributed by atoms with Crippen LogP contribution < -0.4 is 4.90 Å². The Morgan fingerprint density at radius 1 is 1.27 bits per heavy atom. The summed E-state index contributed by atoms with van der Waals surface area (Å²) < 4.78 is 4.74. The largest absolute Gasteiger partial charge is 0.465 e. The maximum atomic E-state index is 11.7. The van der Waals surface area contributed by atoms with Gasteiger partial charge in [0.1, 0.15) is 0 Å². The van der Waals surface area contributed by atoms with E-state index in [1.54, 1.807) is 29.3 Å². The second-order valence-corrected chi connectivity index (χ2v) is 5.91. The summed E-state index contributed by atoms with van der Waals surface area (Å²) in [5, 5.41) is 6.77. The summed E-state index contributed by atoms with van der Waals surface area (Å²) in [6, 6.07) is 12.9. The third-order valence-corrected chi connectivity index (χ3v) is 4.18. The van der Waals surface area contributed by atoms with Crippen LogP contribution in [0.1, 0.15) is 21.5 Å². The van der Waals surface area contributed by atoms with Crippen molar-refractivity contribution in [3.05, 3.63) is 71.5 Å². The number of methoxy groups -OCH3 is 1. The summed E-state index contributed by atoms with van der Waals surface area (Å²) in [6.07, 6.45) is 4.38. The number of rotatable bonds is 6. The van der Waals surface area contributed by atoms with Gasteiger partial charge in [0.25, 0.3) is 0 Å². The predicted octanol–water partition coefficient (Wildman–Crippen LogP) is 3.33. The van der Waals surface area contributed by atoms with Gasteiger partial charge in [0.05, 0.1) is 25.4 Å². The lowest BCUT2D eigenvalue weighted by molar-refractivity contribution is -0.107. The molecule has 0 aliphatic heterocycles. The molecule has 0 bridgehead atoms. The van der Waals surface area contributed by atoms with Crippen molar-refractivity contribution in [2.75, 3.05) is 12.0 Å². The number of aryl methyl sites for hydroxylation is 1. The van der Waals surface area contributed by atoms with Crippen molar-refractivity contribution in [1.29, 1.82) is 0 Å². The van der Waals surface area contributed by atoms with Crippen molar-refractivity contribution >= 4 is 18.1 Å². The fourth-order valence-electron chi connectivity index (χ4n) is 2.85. The van der Waals surface area contributed by atoms with Crippen LogP contribution >= 0.6 is 0 Å². The quantitative estimate of drug-likeness (QED) is 0.547. The molecule has 0 fully saturated rings. The minimum atomic E-state index is -0.398. The Labute approximate surface area is 151 Å². The van der Waals surface area contributed by atoms with Gasteiger partial charge in [0, 0.05) is 17.4 Å². The van der Waals surface area contributed by atoms with E-state index >= 15 is 0 Å². The highest BCUT2D eigenvalue weighted by atomic mass is 16.5. The molecule has 1 aromatic heterocycles. The van der Waals surface area contributed by atoms with Gasteiger partial charge in [-0.05, 0) is 47.9 Å². The van der Waals surface area contributed by atoms with Crippen LogP contribution in [0.15, 0.2) is 54.9 Å². The first-order chi connectivity index (χ1) is 12.6. The first kappa shape index (κ1) is 17.4. The molecule has 6 heteroatoms. The van der Waals surface area contributed by atoms with Gasteiger partial charge in [0.2, 0.25) is 6.41 Å². The van der Waals surface area contributed by atoms with Crippen LogP contribution in [-0.4, -0.2) is 29.7 Å². The Balaban J connectivity index is 1.84. The topological polar surface area (TPSA) is 75.3 Å². The van der Waals surface area contributed by atoms with E-state index in [1.165, 1.54) is 7.11 Å². The fourth-order valence-corrected chi connectivity index (χ4v) is 2.85. The smallest absolute Gasteiger partial charge is 0.337 e. The van der Waals surface area contributed by atoms with E-state index in [0.29, 0.717) is 12.1 Å².